The number of carbonyl (C=O) groups is 1. The summed E-state index contributed by atoms with van der Waals surface area (Å²) in [6.07, 6.45) is -13.5. The van der Waals surface area contributed by atoms with Crippen LogP contribution in [-0.2, 0) is 52.6 Å². The molecule has 0 bridgehead atoms. The summed E-state index contributed by atoms with van der Waals surface area (Å²) >= 11 is 6.53. The van der Waals surface area contributed by atoms with Crippen molar-refractivity contribution < 1.29 is 65.9 Å². The van der Waals surface area contributed by atoms with E-state index in [-0.39, 0.29) is 39.9 Å². The molecule has 0 spiro atoms. The maximum absolute atomic E-state index is 15.5. The Morgan fingerprint density at radius 1 is 0.940 bits per heavy atom. The molecule has 2 saturated carbocycles. The van der Waals surface area contributed by atoms with E-state index < -0.39 is 157 Å². The number of hydrogen-bond donors (Lipinski definition) is 2. The zero-order chi connectivity index (χ0) is 48.3. The normalized spacial score (nSPS) is 18.3. The van der Waals surface area contributed by atoms with Crippen LogP contribution in [-0.4, -0.2) is 65.1 Å². The zero-order valence-electron chi connectivity index (χ0n) is 33.3. The van der Waals surface area contributed by atoms with Crippen LogP contribution in [0.25, 0.3) is 28.1 Å². The van der Waals surface area contributed by atoms with E-state index in [0.717, 1.165) is 24.3 Å². The molecule has 3 atom stereocenters. The van der Waals surface area contributed by atoms with Crippen molar-refractivity contribution >= 4 is 44.3 Å². The summed E-state index contributed by atoms with van der Waals surface area (Å²) in [5.74, 6) is -12.7. The number of sulfonamides is 1. The quantitative estimate of drug-likeness (QED) is 0.110. The van der Waals surface area contributed by atoms with E-state index in [1.54, 1.807) is 0 Å². The van der Waals surface area contributed by atoms with Crippen molar-refractivity contribution in [1.29, 1.82) is 0 Å². The van der Waals surface area contributed by atoms with Crippen LogP contribution in [0.5, 0.6) is 0 Å². The van der Waals surface area contributed by atoms with E-state index in [0.29, 0.717) is 33.6 Å². The number of benzene rings is 2. The Morgan fingerprint density at radius 2 is 1.64 bits per heavy atom. The first-order valence-corrected chi connectivity index (χ1v) is 21.6. The Labute approximate surface area is 372 Å². The number of amides is 1. The zero-order valence-corrected chi connectivity index (χ0v) is 34.9. The number of nitrogens with zero attached hydrogens (tertiary/aromatic N) is 8. The van der Waals surface area contributed by atoms with Gasteiger partial charge in [0.1, 0.15) is 47.6 Å². The van der Waals surface area contributed by atoms with Crippen LogP contribution in [0.1, 0.15) is 65.3 Å². The van der Waals surface area contributed by atoms with Crippen molar-refractivity contribution in [2.45, 2.75) is 80.7 Å². The molecule has 2 N–H and O–H groups in total. The molecule has 354 valence electrons. The summed E-state index contributed by atoms with van der Waals surface area (Å²) in [7, 11) is -4.19. The van der Waals surface area contributed by atoms with Crippen LogP contribution in [0, 0.1) is 17.6 Å². The van der Waals surface area contributed by atoms with Gasteiger partial charge in [-0.3, -0.25) is 28.2 Å². The molecule has 2 fully saturated rings. The maximum atomic E-state index is 15.5. The molecular formula is C39H27ClF12N10O4S. The minimum absolute atomic E-state index is 0.141. The molecule has 0 unspecified atom stereocenters. The lowest BCUT2D eigenvalue weighted by Crippen LogP contribution is -2.38. The van der Waals surface area contributed by atoms with Gasteiger partial charge in [-0.05, 0) is 61.1 Å². The molecule has 0 radical (unpaired) electrons. The molecule has 14 nitrogen and oxygen atoms in total. The van der Waals surface area contributed by atoms with Crippen LogP contribution in [0.3, 0.4) is 0 Å². The van der Waals surface area contributed by atoms with Crippen molar-refractivity contribution in [1.82, 2.24) is 44.4 Å². The van der Waals surface area contributed by atoms with Crippen molar-refractivity contribution in [3.63, 3.8) is 0 Å². The van der Waals surface area contributed by atoms with Crippen molar-refractivity contribution in [2.24, 2.45) is 5.92 Å². The van der Waals surface area contributed by atoms with Crippen LogP contribution in [0.4, 0.5) is 58.5 Å². The lowest BCUT2D eigenvalue weighted by Gasteiger charge is -2.24. The fourth-order valence-corrected chi connectivity index (χ4v) is 9.82. The third kappa shape index (κ3) is 8.54. The Morgan fingerprint density at radius 3 is 2.28 bits per heavy atom. The van der Waals surface area contributed by atoms with Crippen molar-refractivity contribution in [2.75, 3.05) is 4.72 Å². The first kappa shape index (κ1) is 45.9. The molecule has 1 amide bonds. The Hall–Kier alpha value is -6.25. The Balaban J connectivity index is 1.26. The van der Waals surface area contributed by atoms with Crippen molar-refractivity contribution in [3.8, 4) is 17.2 Å². The second-order valence-electron chi connectivity index (χ2n) is 15.9. The van der Waals surface area contributed by atoms with Crippen LogP contribution in [0.2, 0.25) is 5.02 Å². The molecule has 2 aromatic carbocycles. The summed E-state index contributed by atoms with van der Waals surface area (Å²) < 4.78 is 203. The summed E-state index contributed by atoms with van der Waals surface area (Å²) in [6, 6.07) is 3.08. The number of anilines is 1. The summed E-state index contributed by atoms with van der Waals surface area (Å²) in [4.78, 5) is 40.2. The van der Waals surface area contributed by atoms with Gasteiger partial charge >= 0.3 is 12.4 Å². The smallest absolute Gasteiger partial charge is 0.344 e. The predicted octanol–water partition coefficient (Wildman–Crippen LogP) is 7.68. The van der Waals surface area contributed by atoms with E-state index in [2.05, 4.69) is 35.2 Å². The highest BCUT2D eigenvalue weighted by Crippen LogP contribution is 2.68. The second kappa shape index (κ2) is 15.9. The van der Waals surface area contributed by atoms with Gasteiger partial charge in [-0.1, -0.05) is 11.6 Å². The van der Waals surface area contributed by atoms with Gasteiger partial charge in [-0.15, -0.1) is 0 Å². The summed E-state index contributed by atoms with van der Waals surface area (Å²) in [5.41, 5.74) is -8.60. The molecule has 3 aliphatic carbocycles. The van der Waals surface area contributed by atoms with Gasteiger partial charge in [0, 0.05) is 36.2 Å². The van der Waals surface area contributed by atoms with E-state index in [9.17, 15) is 61.9 Å². The van der Waals surface area contributed by atoms with Crippen LogP contribution < -0.4 is 15.6 Å². The van der Waals surface area contributed by atoms with Gasteiger partial charge in [0.2, 0.25) is 15.9 Å². The number of halogens is 13. The van der Waals surface area contributed by atoms with Crippen LogP contribution in [0.15, 0.2) is 53.5 Å². The minimum atomic E-state index is -5.24. The number of aromatic nitrogens is 8. The fourth-order valence-electron chi connectivity index (χ4n) is 8.24. The predicted molar refractivity (Wildman–Crippen MR) is 209 cm³/mol. The Kier molecular flexibility index (Phi) is 10.9. The standard InChI is InChI=1S/C39H27ClF12N10O4S/c40-21-3-4-24(31-30(21)35(58-60(31)13-26(43)44)59-67(65,66)18-1-2-18)62-28(64)12-22(34-53-6-5-25(56-34)38(47,48)49)55-36(62)23(9-15-7-16(41)10-17(42)8-15)54-27(63)14-61-33-29(32(57-61)39(50,51)52)19-11-20(19)37(33,45)46/h3-8,10,12,18-20,23,26H,1-2,9,11,13-14H2,(H,54,63)(H,58,59)/t19-,20+,23-/m0/s1. The Bertz CT molecular complexity index is 3170. The van der Waals surface area contributed by atoms with E-state index >= 15 is 8.78 Å². The monoisotopic (exact) mass is 994 g/mol. The minimum Gasteiger partial charge on any atom is -0.344 e. The maximum Gasteiger partial charge on any atom is 0.435 e. The molecule has 3 aliphatic rings. The second-order valence-corrected chi connectivity index (χ2v) is 18.3. The summed E-state index contributed by atoms with van der Waals surface area (Å²) in [5, 5.41) is 8.07. The lowest BCUT2D eigenvalue weighted by molar-refractivity contribution is -0.142. The molecule has 9 rings (SSSR count). The van der Waals surface area contributed by atoms with Gasteiger partial charge in [0.15, 0.2) is 17.3 Å². The SMILES string of the molecule is O=C(Cn1nc(C(F)(F)F)c2c1C(F)(F)[C@@H]1C[C@H]21)N[C@@H](Cc1cc(F)cc(F)c1)c1nc(-c2nccc(C(F)(F)F)n2)cc(=O)n1-c1ccc(Cl)c2c(NS(=O)(=O)C3CC3)nn(CC(F)F)c12. The number of carbonyl (C=O) groups excluding carboxylic acids is 1. The number of nitrogens with one attached hydrogen (secondary N) is 2. The molecule has 0 aliphatic heterocycles. The van der Waals surface area contributed by atoms with E-state index in [1.165, 1.54) is 0 Å². The fraction of sp³-hybridized carbons (Fsp3) is 0.359. The highest BCUT2D eigenvalue weighted by molar-refractivity contribution is 7.93. The number of hydrogen-bond acceptors (Lipinski definition) is 9. The molecule has 67 heavy (non-hydrogen) atoms. The molecule has 4 heterocycles. The third-order valence-electron chi connectivity index (χ3n) is 11.2. The third-order valence-corrected chi connectivity index (χ3v) is 13.3. The number of fused-ring (bicyclic) bond motifs is 4. The molecule has 0 saturated heterocycles. The first-order valence-electron chi connectivity index (χ1n) is 19.7. The van der Waals surface area contributed by atoms with E-state index in [1.807, 2.05) is 0 Å². The summed E-state index contributed by atoms with van der Waals surface area (Å²) in [6.45, 7) is -2.66. The van der Waals surface area contributed by atoms with Gasteiger partial charge in [-0.2, -0.15) is 45.3 Å². The van der Waals surface area contributed by atoms with Gasteiger partial charge in [-0.25, -0.2) is 40.9 Å². The molecule has 4 aromatic heterocycles. The lowest BCUT2D eigenvalue weighted by atomic mass is 10.0. The molecular weight excluding hydrogens is 968 g/mol. The average Bonchev–Trinajstić information content (AvgIpc) is 4.14. The van der Waals surface area contributed by atoms with Gasteiger partial charge < -0.3 is 5.32 Å². The van der Waals surface area contributed by atoms with Gasteiger partial charge in [0.25, 0.3) is 17.9 Å². The number of alkyl halides is 10. The topological polar surface area (TPSA) is 172 Å². The number of rotatable bonds is 13. The average molecular weight is 995 g/mol. The molecule has 28 heteroatoms. The first-order chi connectivity index (χ1) is 31.3. The molecule has 6 aromatic rings. The highest BCUT2D eigenvalue weighted by atomic mass is 35.5. The van der Waals surface area contributed by atoms with Crippen molar-refractivity contribution in [3.05, 3.63) is 110 Å². The largest absolute Gasteiger partial charge is 0.435 e. The van der Waals surface area contributed by atoms with Gasteiger partial charge in [0.05, 0.1) is 32.9 Å². The van der Waals surface area contributed by atoms with Crippen LogP contribution >= 0.6 is 11.6 Å². The highest BCUT2D eigenvalue weighted by Gasteiger charge is 2.68. The van der Waals surface area contributed by atoms with E-state index in [4.69, 9.17) is 11.6 Å².